The van der Waals surface area contributed by atoms with Gasteiger partial charge >= 0.3 is 0 Å². The number of anilines is 2. The van der Waals surface area contributed by atoms with E-state index in [4.69, 9.17) is 11.5 Å². The van der Waals surface area contributed by atoms with Crippen molar-refractivity contribution < 1.29 is 4.79 Å². The molecule has 1 amide bonds. The fourth-order valence-corrected chi connectivity index (χ4v) is 1.33. The zero-order valence-corrected chi connectivity index (χ0v) is 8.95. The molecule has 1 rings (SSSR count). The van der Waals surface area contributed by atoms with Crippen LogP contribution in [-0.4, -0.2) is 16.9 Å². The molecule has 0 bridgehead atoms. The minimum Gasteiger partial charge on any atom is -0.397 e. The van der Waals surface area contributed by atoms with Gasteiger partial charge in [0.05, 0.1) is 11.9 Å². The number of hydrogen-bond donors (Lipinski definition) is 3. The molecule has 1 atom stereocenters. The van der Waals surface area contributed by atoms with Crippen molar-refractivity contribution in [2.24, 2.45) is 5.73 Å². The van der Waals surface area contributed by atoms with Gasteiger partial charge in [-0.15, -0.1) is 0 Å². The predicted molar refractivity (Wildman–Crippen MR) is 60.3 cm³/mol. The fraction of sp³-hybridized carbons (Fsp3) is 0.400. The van der Waals surface area contributed by atoms with Gasteiger partial charge in [-0.05, 0) is 25.5 Å². The molecule has 0 saturated carbocycles. The molecule has 5 heteroatoms. The average Bonchev–Trinajstić information content (AvgIpc) is 2.08. The van der Waals surface area contributed by atoms with Crippen molar-refractivity contribution in [1.29, 1.82) is 0 Å². The maximum atomic E-state index is 10.7. The number of nitrogens with two attached hydrogens (primary N) is 2. The number of nitrogen functional groups attached to an aromatic ring is 1. The highest BCUT2D eigenvalue weighted by Gasteiger charge is 2.08. The molecule has 5 N–H and O–H groups in total. The molecular weight excluding hydrogens is 192 g/mol. The van der Waals surface area contributed by atoms with Gasteiger partial charge in [-0.25, -0.2) is 4.98 Å². The number of aryl methyl sites for hydroxylation is 1. The molecule has 0 aromatic carbocycles. The lowest BCUT2D eigenvalue weighted by atomic mass is 10.2. The van der Waals surface area contributed by atoms with Crippen LogP contribution >= 0.6 is 0 Å². The number of amides is 1. The molecule has 1 aromatic heterocycles. The molecule has 0 aliphatic carbocycles. The Labute approximate surface area is 88.9 Å². The summed E-state index contributed by atoms with van der Waals surface area (Å²) in [6.07, 6.45) is 1.86. The molecule has 1 heterocycles. The van der Waals surface area contributed by atoms with Gasteiger partial charge in [-0.1, -0.05) is 0 Å². The van der Waals surface area contributed by atoms with Gasteiger partial charge in [-0.2, -0.15) is 0 Å². The van der Waals surface area contributed by atoms with Gasteiger partial charge in [0, 0.05) is 12.5 Å². The van der Waals surface area contributed by atoms with Crippen molar-refractivity contribution in [3.63, 3.8) is 0 Å². The van der Waals surface area contributed by atoms with E-state index in [2.05, 4.69) is 10.3 Å². The Bertz CT molecular complexity index is 364. The highest BCUT2D eigenvalue weighted by Crippen LogP contribution is 2.15. The van der Waals surface area contributed by atoms with Gasteiger partial charge in [0.1, 0.15) is 5.82 Å². The van der Waals surface area contributed by atoms with Crippen LogP contribution in [0.15, 0.2) is 12.3 Å². The van der Waals surface area contributed by atoms with Crippen molar-refractivity contribution in [2.45, 2.75) is 26.3 Å². The van der Waals surface area contributed by atoms with E-state index < -0.39 is 0 Å². The molecule has 15 heavy (non-hydrogen) atoms. The smallest absolute Gasteiger partial charge is 0.219 e. The van der Waals surface area contributed by atoms with Gasteiger partial charge in [0.15, 0.2) is 0 Å². The van der Waals surface area contributed by atoms with Crippen LogP contribution in [0.2, 0.25) is 0 Å². The molecular formula is C10H16N4O. The van der Waals surface area contributed by atoms with Crippen LogP contribution < -0.4 is 16.8 Å². The van der Waals surface area contributed by atoms with Gasteiger partial charge in [0.25, 0.3) is 0 Å². The summed E-state index contributed by atoms with van der Waals surface area (Å²) in [5.41, 5.74) is 12.2. The molecule has 0 fully saturated rings. The van der Waals surface area contributed by atoms with E-state index in [0.29, 0.717) is 5.69 Å². The van der Waals surface area contributed by atoms with Crippen LogP contribution in [-0.2, 0) is 4.79 Å². The van der Waals surface area contributed by atoms with E-state index in [1.165, 1.54) is 0 Å². The summed E-state index contributed by atoms with van der Waals surface area (Å²) in [5.74, 6) is 0.404. The third kappa shape index (κ3) is 3.46. The lowest BCUT2D eigenvalue weighted by Crippen LogP contribution is -2.24. The Kier molecular flexibility index (Phi) is 3.49. The first kappa shape index (κ1) is 11.3. The van der Waals surface area contributed by atoms with Crippen molar-refractivity contribution in [2.75, 3.05) is 11.1 Å². The van der Waals surface area contributed by atoms with Crippen LogP contribution in [0.4, 0.5) is 11.5 Å². The number of carbonyl (C=O) groups is 1. The zero-order valence-electron chi connectivity index (χ0n) is 8.95. The minimum absolute atomic E-state index is 0.0303. The van der Waals surface area contributed by atoms with E-state index in [-0.39, 0.29) is 18.4 Å². The SMILES string of the molecule is Cc1cc(N)cnc1NC(C)CC(N)=O. The number of nitrogens with zero attached hydrogens (tertiary/aromatic N) is 1. The molecule has 1 aromatic rings. The van der Waals surface area contributed by atoms with E-state index in [1.807, 2.05) is 19.9 Å². The molecule has 0 aliphatic rings. The van der Waals surface area contributed by atoms with Crippen molar-refractivity contribution in [1.82, 2.24) is 4.98 Å². The molecule has 0 saturated heterocycles. The number of nitrogens with one attached hydrogen (secondary N) is 1. The first-order valence-electron chi connectivity index (χ1n) is 4.76. The average molecular weight is 208 g/mol. The maximum absolute atomic E-state index is 10.7. The number of hydrogen-bond acceptors (Lipinski definition) is 4. The Morgan fingerprint density at radius 3 is 2.87 bits per heavy atom. The molecule has 1 unspecified atom stereocenters. The zero-order chi connectivity index (χ0) is 11.4. The molecule has 0 aliphatic heterocycles. The Balaban J connectivity index is 2.68. The summed E-state index contributed by atoms with van der Waals surface area (Å²) in [6.45, 7) is 3.78. The topological polar surface area (TPSA) is 94.0 Å². The monoisotopic (exact) mass is 208 g/mol. The van der Waals surface area contributed by atoms with E-state index in [0.717, 1.165) is 11.4 Å². The van der Waals surface area contributed by atoms with Crippen LogP contribution in [0.25, 0.3) is 0 Å². The van der Waals surface area contributed by atoms with Crippen LogP contribution in [0.1, 0.15) is 18.9 Å². The van der Waals surface area contributed by atoms with Crippen LogP contribution in [0, 0.1) is 6.92 Å². The fourth-order valence-electron chi connectivity index (χ4n) is 1.33. The standard InChI is InChI=1S/C10H16N4O/c1-6-3-8(11)5-13-10(6)14-7(2)4-9(12)15/h3,5,7H,4,11H2,1-2H3,(H2,12,15)(H,13,14). The van der Waals surface area contributed by atoms with Crippen LogP contribution in [0.3, 0.4) is 0 Å². The molecule has 82 valence electrons. The van der Waals surface area contributed by atoms with E-state index in [1.54, 1.807) is 6.20 Å². The summed E-state index contributed by atoms with van der Waals surface area (Å²) < 4.78 is 0. The summed E-state index contributed by atoms with van der Waals surface area (Å²) in [7, 11) is 0. The number of primary amides is 1. The van der Waals surface area contributed by atoms with E-state index >= 15 is 0 Å². The largest absolute Gasteiger partial charge is 0.397 e. The lowest BCUT2D eigenvalue weighted by molar-refractivity contribution is -0.118. The first-order chi connectivity index (χ1) is 6.99. The van der Waals surface area contributed by atoms with Gasteiger partial charge < -0.3 is 16.8 Å². The second-order valence-corrected chi connectivity index (χ2v) is 3.65. The molecule has 0 spiro atoms. The van der Waals surface area contributed by atoms with E-state index in [9.17, 15) is 4.79 Å². The number of aromatic nitrogens is 1. The summed E-state index contributed by atoms with van der Waals surface area (Å²) >= 11 is 0. The lowest BCUT2D eigenvalue weighted by Gasteiger charge is -2.14. The maximum Gasteiger partial charge on any atom is 0.219 e. The Morgan fingerprint density at radius 2 is 2.33 bits per heavy atom. The van der Waals surface area contributed by atoms with Gasteiger partial charge in [-0.3, -0.25) is 4.79 Å². The number of pyridine rings is 1. The highest BCUT2D eigenvalue weighted by molar-refractivity contribution is 5.74. The highest BCUT2D eigenvalue weighted by atomic mass is 16.1. The Morgan fingerprint density at radius 1 is 1.67 bits per heavy atom. The summed E-state index contributed by atoms with van der Waals surface area (Å²) in [5, 5.41) is 3.10. The normalized spacial score (nSPS) is 12.1. The second-order valence-electron chi connectivity index (χ2n) is 3.65. The Hall–Kier alpha value is -1.78. The summed E-state index contributed by atoms with van der Waals surface area (Å²) in [4.78, 5) is 14.8. The minimum atomic E-state index is -0.330. The predicted octanol–water partition coefficient (Wildman–Crippen LogP) is 0.648. The van der Waals surface area contributed by atoms with Crippen molar-refractivity contribution in [3.05, 3.63) is 17.8 Å². The third-order valence-electron chi connectivity index (χ3n) is 1.99. The number of rotatable bonds is 4. The van der Waals surface area contributed by atoms with Crippen molar-refractivity contribution >= 4 is 17.4 Å². The van der Waals surface area contributed by atoms with Crippen molar-refractivity contribution in [3.8, 4) is 0 Å². The first-order valence-corrected chi connectivity index (χ1v) is 4.76. The number of carbonyl (C=O) groups excluding carboxylic acids is 1. The third-order valence-corrected chi connectivity index (χ3v) is 1.99. The second kappa shape index (κ2) is 4.63. The molecule has 5 nitrogen and oxygen atoms in total. The van der Waals surface area contributed by atoms with Crippen LogP contribution in [0.5, 0.6) is 0 Å². The summed E-state index contributed by atoms with van der Waals surface area (Å²) in [6, 6.07) is 1.80. The quantitative estimate of drug-likeness (QED) is 0.677. The molecule has 0 radical (unpaired) electrons. The van der Waals surface area contributed by atoms with Gasteiger partial charge in [0.2, 0.25) is 5.91 Å².